The topological polar surface area (TPSA) is 81.4 Å². The second kappa shape index (κ2) is 7.94. The van der Waals surface area contributed by atoms with Crippen molar-refractivity contribution in [1.82, 2.24) is 4.98 Å². The predicted octanol–water partition coefficient (Wildman–Crippen LogP) is 5.01. The van der Waals surface area contributed by atoms with Gasteiger partial charge < -0.3 is 14.5 Å². The van der Waals surface area contributed by atoms with Gasteiger partial charge in [-0.1, -0.05) is 36.4 Å². The Bertz CT molecular complexity index is 1320. The van der Waals surface area contributed by atoms with Gasteiger partial charge in [-0.15, -0.1) is 13.2 Å². The van der Waals surface area contributed by atoms with Crippen molar-refractivity contribution in [2.24, 2.45) is 0 Å². The third-order valence-corrected chi connectivity index (χ3v) is 4.32. The summed E-state index contributed by atoms with van der Waals surface area (Å²) in [7, 11) is 0. The second-order valence-electron chi connectivity index (χ2n) is 6.35. The first kappa shape index (κ1) is 20.1. The molecule has 2 heterocycles. The summed E-state index contributed by atoms with van der Waals surface area (Å²) in [5, 5.41) is 2.60. The number of fused-ring (bicyclic) bond motifs is 1. The second-order valence-corrected chi connectivity index (χ2v) is 6.35. The number of benzene rings is 2. The molecule has 2 aromatic carbocycles. The van der Waals surface area contributed by atoms with Crippen molar-refractivity contribution in [1.29, 1.82) is 0 Å². The molecule has 4 aromatic rings. The molecular weight excluding hydrogens is 413 g/mol. The van der Waals surface area contributed by atoms with Gasteiger partial charge in [-0.05, 0) is 30.3 Å². The highest BCUT2D eigenvalue weighted by Crippen LogP contribution is 2.38. The number of carbonyl (C=O) groups excluding carboxylic acids is 1. The van der Waals surface area contributed by atoms with Crippen LogP contribution in [-0.2, 0) is 0 Å². The molecule has 0 unspecified atom stereocenters. The monoisotopic (exact) mass is 426 g/mol. The lowest BCUT2D eigenvalue weighted by Gasteiger charge is -2.16. The minimum Gasteiger partial charge on any atom is -0.420 e. The lowest BCUT2D eigenvalue weighted by molar-refractivity contribution is -0.274. The average molecular weight is 426 g/mol. The molecule has 0 fully saturated rings. The molecule has 0 saturated heterocycles. The Morgan fingerprint density at radius 1 is 0.968 bits per heavy atom. The number of amides is 1. The Kier molecular flexibility index (Phi) is 5.16. The molecule has 156 valence electrons. The van der Waals surface area contributed by atoms with E-state index in [1.165, 1.54) is 36.5 Å². The molecule has 2 aromatic heterocycles. The molecule has 9 heteroatoms. The molecule has 0 aliphatic carbocycles. The number of alkyl halides is 3. The number of anilines is 1. The molecule has 0 radical (unpaired) electrons. The SMILES string of the molecule is O=C(Nc1c(-c2ccccc2OC(F)(F)F)c(=O)oc2cccnc12)c1ccccc1. The van der Waals surface area contributed by atoms with Gasteiger partial charge in [0.15, 0.2) is 5.58 Å². The zero-order valence-electron chi connectivity index (χ0n) is 15.6. The molecule has 0 spiro atoms. The third kappa shape index (κ3) is 4.25. The molecule has 0 aliphatic rings. The number of hydrogen-bond acceptors (Lipinski definition) is 5. The van der Waals surface area contributed by atoms with Crippen LogP contribution in [0.4, 0.5) is 18.9 Å². The maximum absolute atomic E-state index is 12.9. The first-order chi connectivity index (χ1) is 14.8. The van der Waals surface area contributed by atoms with Crippen LogP contribution in [0.25, 0.3) is 22.2 Å². The summed E-state index contributed by atoms with van der Waals surface area (Å²) in [5.74, 6) is -1.19. The van der Waals surface area contributed by atoms with Gasteiger partial charge in [0.1, 0.15) is 11.3 Å². The Labute approximate surface area is 172 Å². The number of aromatic nitrogens is 1. The molecular formula is C22H13F3N2O4. The van der Waals surface area contributed by atoms with Gasteiger partial charge in [-0.25, -0.2) is 4.79 Å². The van der Waals surface area contributed by atoms with Crippen molar-refractivity contribution in [3.05, 3.63) is 88.9 Å². The Balaban J connectivity index is 1.95. The maximum Gasteiger partial charge on any atom is 0.573 e. The van der Waals surface area contributed by atoms with E-state index in [0.29, 0.717) is 0 Å². The summed E-state index contributed by atoms with van der Waals surface area (Å²) in [4.78, 5) is 29.7. The van der Waals surface area contributed by atoms with E-state index >= 15 is 0 Å². The van der Waals surface area contributed by atoms with E-state index in [1.807, 2.05) is 0 Å². The van der Waals surface area contributed by atoms with Crippen molar-refractivity contribution in [3.63, 3.8) is 0 Å². The molecule has 0 aliphatic heterocycles. The summed E-state index contributed by atoms with van der Waals surface area (Å²) in [6.07, 6.45) is -3.58. The summed E-state index contributed by atoms with van der Waals surface area (Å²) in [6, 6.07) is 16.2. The van der Waals surface area contributed by atoms with Gasteiger partial charge in [0.2, 0.25) is 0 Å². The highest BCUT2D eigenvalue weighted by molar-refractivity contribution is 6.11. The standard InChI is InChI=1S/C22H13F3N2O4/c23-22(24,25)31-15-10-5-4-9-14(15)17-19(27-20(28)13-7-2-1-3-8-13)18-16(30-21(17)29)11-6-12-26-18/h1-12H,(H,27,28). The van der Waals surface area contributed by atoms with E-state index in [9.17, 15) is 22.8 Å². The Morgan fingerprint density at radius 2 is 1.68 bits per heavy atom. The van der Waals surface area contributed by atoms with Crippen molar-refractivity contribution >= 4 is 22.7 Å². The molecule has 0 bridgehead atoms. The molecule has 1 amide bonds. The smallest absolute Gasteiger partial charge is 0.420 e. The third-order valence-electron chi connectivity index (χ3n) is 4.32. The normalized spacial score (nSPS) is 11.3. The van der Waals surface area contributed by atoms with Gasteiger partial charge in [0, 0.05) is 17.3 Å². The van der Waals surface area contributed by atoms with E-state index in [1.54, 1.807) is 30.3 Å². The first-order valence-electron chi connectivity index (χ1n) is 8.97. The average Bonchev–Trinajstić information content (AvgIpc) is 2.74. The first-order valence-corrected chi connectivity index (χ1v) is 8.97. The van der Waals surface area contributed by atoms with Gasteiger partial charge in [0.05, 0.1) is 11.3 Å². The molecule has 0 atom stereocenters. The summed E-state index contributed by atoms with van der Waals surface area (Å²) in [5.41, 5.74) is -1.11. The van der Waals surface area contributed by atoms with Crippen LogP contribution < -0.4 is 15.7 Å². The maximum atomic E-state index is 12.9. The number of hydrogen-bond donors (Lipinski definition) is 1. The van der Waals surface area contributed by atoms with Crippen LogP contribution in [0.5, 0.6) is 5.75 Å². The fraction of sp³-hybridized carbons (Fsp3) is 0.0455. The van der Waals surface area contributed by atoms with Crippen molar-refractivity contribution in [2.45, 2.75) is 6.36 Å². The lowest BCUT2D eigenvalue weighted by Crippen LogP contribution is -2.19. The number of rotatable bonds is 4. The van der Waals surface area contributed by atoms with E-state index in [4.69, 9.17) is 4.42 Å². The van der Waals surface area contributed by atoms with Crippen LogP contribution >= 0.6 is 0 Å². The fourth-order valence-corrected chi connectivity index (χ4v) is 3.06. The van der Waals surface area contributed by atoms with Gasteiger partial charge >= 0.3 is 12.0 Å². The summed E-state index contributed by atoms with van der Waals surface area (Å²) in [6.45, 7) is 0. The number of ether oxygens (including phenoxy) is 1. The number of halogens is 3. The zero-order valence-corrected chi connectivity index (χ0v) is 15.6. The van der Waals surface area contributed by atoms with Crippen molar-refractivity contribution in [2.75, 3.05) is 5.32 Å². The predicted molar refractivity (Wildman–Crippen MR) is 107 cm³/mol. The minimum absolute atomic E-state index is 0.0637. The van der Waals surface area contributed by atoms with Crippen LogP contribution in [0.15, 0.2) is 82.1 Å². The highest BCUT2D eigenvalue weighted by atomic mass is 19.4. The van der Waals surface area contributed by atoms with Crippen molar-refractivity contribution in [3.8, 4) is 16.9 Å². The van der Waals surface area contributed by atoms with Gasteiger partial charge in [-0.2, -0.15) is 0 Å². The van der Waals surface area contributed by atoms with Crippen LogP contribution in [0, 0.1) is 0 Å². The van der Waals surface area contributed by atoms with Gasteiger partial charge in [-0.3, -0.25) is 9.78 Å². The fourth-order valence-electron chi connectivity index (χ4n) is 3.06. The number of pyridine rings is 1. The number of carbonyl (C=O) groups is 1. The van der Waals surface area contributed by atoms with Crippen LogP contribution in [0.2, 0.25) is 0 Å². The van der Waals surface area contributed by atoms with E-state index in [0.717, 1.165) is 6.07 Å². The van der Waals surface area contributed by atoms with E-state index in [2.05, 4.69) is 15.0 Å². The summed E-state index contributed by atoms with van der Waals surface area (Å²) < 4.78 is 48.1. The van der Waals surface area contributed by atoms with Crippen LogP contribution in [0.1, 0.15) is 10.4 Å². The lowest BCUT2D eigenvalue weighted by atomic mass is 10.0. The van der Waals surface area contributed by atoms with Gasteiger partial charge in [0.25, 0.3) is 5.91 Å². The molecule has 1 N–H and O–H groups in total. The van der Waals surface area contributed by atoms with Crippen LogP contribution in [0.3, 0.4) is 0 Å². The number of para-hydroxylation sites is 1. The largest absolute Gasteiger partial charge is 0.573 e. The minimum atomic E-state index is -4.99. The molecule has 4 rings (SSSR count). The quantitative estimate of drug-likeness (QED) is 0.496. The molecule has 31 heavy (non-hydrogen) atoms. The van der Waals surface area contributed by atoms with Crippen LogP contribution in [-0.4, -0.2) is 17.3 Å². The highest BCUT2D eigenvalue weighted by Gasteiger charge is 2.33. The number of nitrogens with zero attached hydrogens (tertiary/aromatic N) is 1. The zero-order chi connectivity index (χ0) is 22.0. The van der Waals surface area contributed by atoms with E-state index < -0.39 is 23.6 Å². The Morgan fingerprint density at radius 3 is 2.42 bits per heavy atom. The van der Waals surface area contributed by atoms with E-state index in [-0.39, 0.29) is 33.5 Å². The Hall–Kier alpha value is -4.14. The number of nitrogens with one attached hydrogen (secondary N) is 1. The summed E-state index contributed by atoms with van der Waals surface area (Å²) >= 11 is 0. The van der Waals surface area contributed by atoms with Crippen molar-refractivity contribution < 1.29 is 27.1 Å². The molecule has 0 saturated carbocycles. The molecule has 6 nitrogen and oxygen atoms in total.